The molecule has 2 N–H and O–H groups in total. The van der Waals surface area contributed by atoms with E-state index in [1.54, 1.807) is 13.2 Å². The minimum Gasteiger partial charge on any atom is -0.504 e. The van der Waals surface area contributed by atoms with Gasteiger partial charge in [0.25, 0.3) is 0 Å². The van der Waals surface area contributed by atoms with Crippen molar-refractivity contribution >= 4 is 11.8 Å². The zero-order chi connectivity index (χ0) is 11.4. The first-order chi connectivity index (χ1) is 7.79. The van der Waals surface area contributed by atoms with Gasteiger partial charge >= 0.3 is 0 Å². The van der Waals surface area contributed by atoms with Crippen LogP contribution in [0.2, 0.25) is 0 Å². The van der Waals surface area contributed by atoms with Crippen LogP contribution < -0.4 is 10.1 Å². The second kappa shape index (κ2) is 5.46. The van der Waals surface area contributed by atoms with Gasteiger partial charge in [0.05, 0.1) is 7.11 Å². The van der Waals surface area contributed by atoms with Crippen LogP contribution in [0.4, 0.5) is 0 Å². The van der Waals surface area contributed by atoms with E-state index in [-0.39, 0.29) is 5.75 Å². The van der Waals surface area contributed by atoms with Crippen LogP contribution in [0.3, 0.4) is 0 Å². The summed E-state index contributed by atoms with van der Waals surface area (Å²) in [7, 11) is 1.57. The van der Waals surface area contributed by atoms with E-state index in [9.17, 15) is 5.11 Å². The smallest absolute Gasteiger partial charge is 0.160 e. The first-order valence-corrected chi connectivity index (χ1v) is 6.62. The molecule has 0 radical (unpaired) electrons. The molecule has 0 bridgehead atoms. The van der Waals surface area contributed by atoms with E-state index in [4.69, 9.17) is 4.74 Å². The minimum absolute atomic E-state index is 0.197. The Morgan fingerprint density at radius 1 is 1.56 bits per heavy atom. The molecule has 2 rings (SSSR count). The Kier molecular flexibility index (Phi) is 3.96. The number of ether oxygens (including phenoxy) is 1. The summed E-state index contributed by atoms with van der Waals surface area (Å²) in [6.45, 7) is 0.835. The lowest BCUT2D eigenvalue weighted by atomic mass is 10.2. The van der Waals surface area contributed by atoms with Crippen molar-refractivity contribution in [2.45, 2.75) is 19.0 Å². The van der Waals surface area contributed by atoms with E-state index in [0.29, 0.717) is 11.8 Å². The summed E-state index contributed by atoms with van der Waals surface area (Å²) in [5, 5.41) is 13.0. The summed E-state index contributed by atoms with van der Waals surface area (Å²) in [4.78, 5) is 0. The number of rotatable bonds is 4. The van der Waals surface area contributed by atoms with Crippen LogP contribution in [0.25, 0.3) is 0 Å². The standard InChI is InChI=1S/C12H17NO2S/c1-15-12-6-9(2-3-11(12)14)7-13-10-4-5-16-8-10/h2-3,6,10,13-14H,4-5,7-8H2,1H3. The molecular weight excluding hydrogens is 222 g/mol. The highest BCUT2D eigenvalue weighted by Crippen LogP contribution is 2.26. The number of benzene rings is 1. The van der Waals surface area contributed by atoms with E-state index < -0.39 is 0 Å². The van der Waals surface area contributed by atoms with Crippen molar-refractivity contribution in [3.05, 3.63) is 23.8 Å². The van der Waals surface area contributed by atoms with Crippen molar-refractivity contribution < 1.29 is 9.84 Å². The van der Waals surface area contributed by atoms with E-state index in [1.165, 1.54) is 17.9 Å². The third kappa shape index (κ3) is 2.83. The number of hydrogen-bond donors (Lipinski definition) is 2. The Hall–Kier alpha value is -0.870. The van der Waals surface area contributed by atoms with Gasteiger partial charge in [0.2, 0.25) is 0 Å². The Morgan fingerprint density at radius 3 is 3.12 bits per heavy atom. The highest BCUT2D eigenvalue weighted by Gasteiger charge is 2.14. The lowest BCUT2D eigenvalue weighted by Crippen LogP contribution is -2.27. The van der Waals surface area contributed by atoms with Crippen LogP contribution in [-0.2, 0) is 6.54 Å². The maximum Gasteiger partial charge on any atom is 0.160 e. The molecule has 4 heteroatoms. The topological polar surface area (TPSA) is 41.5 Å². The molecule has 0 saturated carbocycles. The van der Waals surface area contributed by atoms with Crippen molar-refractivity contribution in [1.82, 2.24) is 5.32 Å². The number of nitrogens with one attached hydrogen (secondary N) is 1. The fraction of sp³-hybridized carbons (Fsp3) is 0.500. The normalized spacial score (nSPS) is 19.9. The van der Waals surface area contributed by atoms with Crippen LogP contribution >= 0.6 is 11.8 Å². The van der Waals surface area contributed by atoms with E-state index in [0.717, 1.165) is 12.1 Å². The van der Waals surface area contributed by atoms with Gasteiger partial charge in [-0.15, -0.1) is 0 Å². The molecule has 16 heavy (non-hydrogen) atoms. The molecule has 1 unspecified atom stereocenters. The average molecular weight is 239 g/mol. The number of aromatic hydroxyl groups is 1. The maximum atomic E-state index is 9.47. The van der Waals surface area contributed by atoms with Gasteiger partial charge in [-0.1, -0.05) is 6.07 Å². The lowest BCUT2D eigenvalue weighted by Gasteiger charge is -2.12. The first-order valence-electron chi connectivity index (χ1n) is 5.46. The van der Waals surface area contributed by atoms with Gasteiger partial charge in [0, 0.05) is 18.3 Å². The van der Waals surface area contributed by atoms with Crippen molar-refractivity contribution in [2.75, 3.05) is 18.6 Å². The van der Waals surface area contributed by atoms with Gasteiger partial charge in [-0.25, -0.2) is 0 Å². The largest absolute Gasteiger partial charge is 0.504 e. The molecule has 0 aliphatic carbocycles. The fourth-order valence-corrected chi connectivity index (χ4v) is 2.98. The van der Waals surface area contributed by atoms with Gasteiger partial charge < -0.3 is 15.2 Å². The predicted molar refractivity (Wildman–Crippen MR) is 67.2 cm³/mol. The van der Waals surface area contributed by atoms with Crippen molar-refractivity contribution in [3.8, 4) is 11.5 Å². The van der Waals surface area contributed by atoms with Crippen molar-refractivity contribution in [1.29, 1.82) is 0 Å². The zero-order valence-corrected chi connectivity index (χ0v) is 10.2. The van der Waals surface area contributed by atoms with Gasteiger partial charge in [-0.05, 0) is 29.9 Å². The second-order valence-corrected chi connectivity index (χ2v) is 5.10. The minimum atomic E-state index is 0.197. The number of thioether (sulfide) groups is 1. The summed E-state index contributed by atoms with van der Waals surface area (Å²) in [6.07, 6.45) is 1.25. The summed E-state index contributed by atoms with van der Waals surface area (Å²) < 4.78 is 5.08. The van der Waals surface area contributed by atoms with Crippen LogP contribution in [0.15, 0.2) is 18.2 Å². The molecule has 1 aliphatic rings. The van der Waals surface area contributed by atoms with Gasteiger partial charge in [0.1, 0.15) is 0 Å². The van der Waals surface area contributed by atoms with Crippen molar-refractivity contribution in [2.24, 2.45) is 0 Å². The SMILES string of the molecule is COc1cc(CNC2CCSC2)ccc1O. The Labute approximate surface area is 100 Å². The summed E-state index contributed by atoms with van der Waals surface area (Å²) in [6, 6.07) is 6.11. The number of phenolic OH excluding ortho intramolecular Hbond substituents is 1. The second-order valence-electron chi connectivity index (χ2n) is 3.95. The third-order valence-corrected chi connectivity index (χ3v) is 3.93. The molecule has 1 aromatic carbocycles. The highest BCUT2D eigenvalue weighted by molar-refractivity contribution is 7.99. The monoisotopic (exact) mass is 239 g/mol. The summed E-state index contributed by atoms with van der Waals surface area (Å²) in [5.41, 5.74) is 1.14. The zero-order valence-electron chi connectivity index (χ0n) is 9.40. The quantitative estimate of drug-likeness (QED) is 0.843. The Bertz CT molecular complexity index is 351. The molecule has 1 saturated heterocycles. The number of phenols is 1. The van der Waals surface area contributed by atoms with Crippen molar-refractivity contribution in [3.63, 3.8) is 0 Å². The summed E-state index contributed by atoms with van der Waals surface area (Å²) in [5.74, 6) is 3.20. The van der Waals surface area contributed by atoms with E-state index in [1.807, 2.05) is 23.9 Å². The van der Waals surface area contributed by atoms with Crippen LogP contribution in [0, 0.1) is 0 Å². The molecule has 1 heterocycles. The molecule has 0 amide bonds. The van der Waals surface area contributed by atoms with Crippen LogP contribution in [-0.4, -0.2) is 29.8 Å². The van der Waals surface area contributed by atoms with Gasteiger partial charge in [-0.3, -0.25) is 0 Å². The van der Waals surface area contributed by atoms with E-state index >= 15 is 0 Å². The molecule has 88 valence electrons. The third-order valence-electron chi connectivity index (χ3n) is 2.77. The Morgan fingerprint density at radius 2 is 2.44 bits per heavy atom. The fourth-order valence-electron chi connectivity index (χ4n) is 1.79. The average Bonchev–Trinajstić information content (AvgIpc) is 2.81. The highest BCUT2D eigenvalue weighted by atomic mass is 32.2. The van der Waals surface area contributed by atoms with Crippen LogP contribution in [0.1, 0.15) is 12.0 Å². The Balaban J connectivity index is 1.93. The maximum absolute atomic E-state index is 9.47. The number of methoxy groups -OCH3 is 1. The molecule has 1 fully saturated rings. The van der Waals surface area contributed by atoms with Crippen LogP contribution in [0.5, 0.6) is 11.5 Å². The first kappa shape index (κ1) is 11.6. The van der Waals surface area contributed by atoms with Gasteiger partial charge in [-0.2, -0.15) is 11.8 Å². The molecule has 0 aromatic heterocycles. The molecular formula is C12H17NO2S. The molecule has 1 atom stereocenters. The summed E-state index contributed by atoms with van der Waals surface area (Å²) >= 11 is 2.00. The molecule has 3 nitrogen and oxygen atoms in total. The molecule has 1 aromatic rings. The number of hydrogen-bond acceptors (Lipinski definition) is 4. The molecule has 0 spiro atoms. The van der Waals surface area contributed by atoms with Gasteiger partial charge in [0.15, 0.2) is 11.5 Å². The van der Waals surface area contributed by atoms with E-state index in [2.05, 4.69) is 5.32 Å². The predicted octanol–water partition coefficient (Wildman–Crippen LogP) is 2.00. The molecule has 1 aliphatic heterocycles. The lowest BCUT2D eigenvalue weighted by molar-refractivity contribution is 0.372.